The van der Waals surface area contributed by atoms with Gasteiger partial charge in [-0.3, -0.25) is 9.48 Å². The number of benzene rings is 1. The molecule has 2 N–H and O–H groups in total. The molecule has 0 aliphatic carbocycles. The number of nitrogens with one attached hydrogen (secondary N) is 2. The molecule has 4 aromatic rings. The fourth-order valence-corrected chi connectivity index (χ4v) is 5.71. The number of likely N-dealkylation sites (N-methyl/N-ethyl adjacent to an activating group) is 2. The number of anilines is 6. The molecule has 3 aromatic heterocycles. The van der Waals surface area contributed by atoms with E-state index in [1.54, 1.807) is 37.9 Å². The molecule has 0 fully saturated rings. The first-order chi connectivity index (χ1) is 23.7. The molecule has 1 aliphatic rings. The van der Waals surface area contributed by atoms with E-state index in [1.807, 2.05) is 62.4 Å². The molecule has 50 heavy (non-hydrogen) atoms. The summed E-state index contributed by atoms with van der Waals surface area (Å²) in [5.74, 6) is 0.187. The fraction of sp³-hybridized carbons (Fsp3) is 0.389. The highest BCUT2D eigenvalue weighted by molar-refractivity contribution is 6.02. The number of carbonyl (C=O) groups excluding carboxylic acids is 2. The van der Waals surface area contributed by atoms with Crippen LogP contribution in [0.2, 0.25) is 0 Å². The molecule has 5 rings (SSSR count). The molecular weight excluding hydrogens is 636 g/mol. The Kier molecular flexibility index (Phi) is 10.4. The molecule has 0 unspecified atom stereocenters. The maximum Gasteiger partial charge on any atom is 0.343 e. The number of aryl methyl sites for hydroxylation is 1. The van der Waals surface area contributed by atoms with Gasteiger partial charge in [0.25, 0.3) is 0 Å². The van der Waals surface area contributed by atoms with Gasteiger partial charge in [0, 0.05) is 63.2 Å². The molecule has 264 valence electrons. The minimum atomic E-state index is -0.537. The Bertz CT molecular complexity index is 1900. The molecule has 14 heteroatoms. The monoisotopic (exact) mass is 682 g/mol. The lowest BCUT2D eigenvalue weighted by molar-refractivity contribution is -0.111. The van der Waals surface area contributed by atoms with Gasteiger partial charge in [-0.25, -0.2) is 14.8 Å². The van der Waals surface area contributed by atoms with Crippen LogP contribution < -0.4 is 25.2 Å². The highest BCUT2D eigenvalue weighted by Gasteiger charge is 2.40. The Morgan fingerprint density at radius 2 is 1.86 bits per heavy atom. The minimum absolute atomic E-state index is 0.209. The summed E-state index contributed by atoms with van der Waals surface area (Å²) in [6.07, 6.45) is 6.05. The van der Waals surface area contributed by atoms with Gasteiger partial charge >= 0.3 is 5.97 Å². The van der Waals surface area contributed by atoms with Crippen LogP contribution >= 0.6 is 0 Å². The van der Waals surface area contributed by atoms with E-state index in [-0.39, 0.29) is 28.9 Å². The molecule has 0 radical (unpaired) electrons. The number of fused-ring (bicyclic) bond motifs is 1. The van der Waals surface area contributed by atoms with Crippen molar-refractivity contribution in [3.63, 3.8) is 0 Å². The smallest absolute Gasteiger partial charge is 0.343 e. The van der Waals surface area contributed by atoms with Crippen LogP contribution in [0.25, 0.3) is 11.3 Å². The summed E-state index contributed by atoms with van der Waals surface area (Å²) in [5, 5.41) is 10.5. The van der Waals surface area contributed by atoms with E-state index >= 15 is 0 Å². The van der Waals surface area contributed by atoms with Gasteiger partial charge in [0.1, 0.15) is 11.3 Å². The first-order valence-electron chi connectivity index (χ1n) is 16.3. The lowest BCUT2D eigenvalue weighted by atomic mass is 9.91. The molecule has 0 saturated heterocycles. The number of hydrogen-bond acceptors (Lipinski definition) is 12. The van der Waals surface area contributed by atoms with Crippen LogP contribution in [0.4, 0.5) is 34.5 Å². The van der Waals surface area contributed by atoms with Crippen molar-refractivity contribution in [2.24, 2.45) is 7.05 Å². The van der Waals surface area contributed by atoms with Gasteiger partial charge in [-0.1, -0.05) is 20.4 Å². The molecule has 1 amide bonds. The highest BCUT2D eigenvalue weighted by Crippen LogP contribution is 2.45. The van der Waals surface area contributed by atoms with Crippen molar-refractivity contribution in [3.8, 4) is 17.0 Å². The number of rotatable bonds is 13. The summed E-state index contributed by atoms with van der Waals surface area (Å²) in [7, 11) is 9.39. The predicted octanol–water partition coefficient (Wildman–Crippen LogP) is 5.14. The van der Waals surface area contributed by atoms with E-state index in [0.717, 1.165) is 34.9 Å². The third-order valence-electron chi connectivity index (χ3n) is 8.25. The standard InChI is InChI=1S/C36H46N10O4/c1-11-31(47)39-26-16-27(30(49-10)17-29(26)44(8)15-14-43(6)7)41-35-37-19-24(34(48)50-22(2)3)33(42-35)46-21-36(4,5)32-28(46)13-12-25(40-32)23-18-38-45(9)20-23/h11-13,16-20,22H,1,14-15,21H2,2-10H3,(H,39,47)(H,37,41,42). The van der Waals surface area contributed by atoms with Crippen molar-refractivity contribution in [3.05, 3.63) is 66.8 Å². The number of methoxy groups -OCH3 is 1. The fourth-order valence-electron chi connectivity index (χ4n) is 5.71. The Balaban J connectivity index is 1.58. The first kappa shape index (κ1) is 35.8. The summed E-state index contributed by atoms with van der Waals surface area (Å²) in [4.78, 5) is 46.5. The second-order valence-electron chi connectivity index (χ2n) is 13.4. The molecule has 0 bridgehead atoms. The van der Waals surface area contributed by atoms with Crippen LogP contribution in [0.15, 0.2) is 55.5 Å². The number of esters is 1. The summed E-state index contributed by atoms with van der Waals surface area (Å²) in [5.41, 5.74) is 5.04. The Hall–Kier alpha value is -5.50. The molecule has 1 aromatic carbocycles. The number of amides is 1. The lowest BCUT2D eigenvalue weighted by Gasteiger charge is -2.26. The number of pyridine rings is 1. The van der Waals surface area contributed by atoms with Crippen molar-refractivity contribution < 1.29 is 19.1 Å². The lowest BCUT2D eigenvalue weighted by Crippen LogP contribution is -2.29. The van der Waals surface area contributed by atoms with Crippen LogP contribution in [-0.4, -0.2) is 95.5 Å². The highest BCUT2D eigenvalue weighted by atomic mass is 16.5. The molecule has 1 aliphatic heterocycles. The zero-order chi connectivity index (χ0) is 36.3. The average molecular weight is 683 g/mol. The number of hydrogen-bond donors (Lipinski definition) is 2. The first-order valence-corrected chi connectivity index (χ1v) is 16.3. The van der Waals surface area contributed by atoms with E-state index in [9.17, 15) is 9.59 Å². The van der Waals surface area contributed by atoms with Crippen LogP contribution in [0, 0.1) is 0 Å². The number of nitrogens with zero attached hydrogens (tertiary/aromatic N) is 8. The SMILES string of the molecule is C=CC(=O)Nc1cc(Nc2ncc(C(=O)OC(C)C)c(N3CC(C)(C)c4nc(-c5cnn(C)c5)ccc43)n2)c(OC)cc1N(C)CCN(C)C. The Morgan fingerprint density at radius 1 is 1.10 bits per heavy atom. The summed E-state index contributed by atoms with van der Waals surface area (Å²) in [6, 6.07) is 7.55. The van der Waals surface area contributed by atoms with Gasteiger partial charge in [-0.05, 0) is 52.2 Å². The van der Waals surface area contributed by atoms with Crippen molar-refractivity contribution >= 4 is 46.4 Å². The molecule has 0 atom stereocenters. The van der Waals surface area contributed by atoms with E-state index in [1.165, 1.54) is 12.3 Å². The van der Waals surface area contributed by atoms with Gasteiger partial charge < -0.3 is 34.8 Å². The molecule has 0 saturated carbocycles. The topological polar surface area (TPSA) is 143 Å². The number of aromatic nitrogens is 5. The molecule has 0 spiro atoms. The van der Waals surface area contributed by atoms with Crippen molar-refractivity contribution in [1.29, 1.82) is 0 Å². The van der Waals surface area contributed by atoms with Gasteiger partial charge in [0.15, 0.2) is 5.82 Å². The zero-order valence-electron chi connectivity index (χ0n) is 30.2. The van der Waals surface area contributed by atoms with Gasteiger partial charge in [-0.15, -0.1) is 0 Å². The van der Waals surface area contributed by atoms with Crippen LogP contribution in [-0.2, 0) is 22.0 Å². The molecular formula is C36H46N10O4. The maximum absolute atomic E-state index is 13.4. The van der Waals surface area contributed by atoms with Gasteiger partial charge in [0.05, 0.1) is 53.5 Å². The zero-order valence-corrected chi connectivity index (χ0v) is 30.2. The van der Waals surface area contributed by atoms with Crippen molar-refractivity contribution in [2.45, 2.75) is 39.2 Å². The Morgan fingerprint density at radius 3 is 2.50 bits per heavy atom. The second kappa shape index (κ2) is 14.5. The minimum Gasteiger partial charge on any atom is -0.494 e. The summed E-state index contributed by atoms with van der Waals surface area (Å²) < 4.78 is 13.2. The quantitative estimate of drug-likeness (QED) is 0.142. The average Bonchev–Trinajstić information content (AvgIpc) is 3.62. The van der Waals surface area contributed by atoms with Crippen molar-refractivity contribution in [2.75, 3.05) is 68.3 Å². The van der Waals surface area contributed by atoms with Crippen LogP contribution in [0.5, 0.6) is 5.75 Å². The predicted molar refractivity (Wildman–Crippen MR) is 196 cm³/mol. The van der Waals surface area contributed by atoms with Crippen LogP contribution in [0.1, 0.15) is 43.7 Å². The Labute approximate surface area is 293 Å². The molecule has 14 nitrogen and oxygen atoms in total. The largest absolute Gasteiger partial charge is 0.494 e. The third-order valence-corrected chi connectivity index (χ3v) is 8.25. The third kappa shape index (κ3) is 7.70. The van der Waals surface area contributed by atoms with Gasteiger partial charge in [0.2, 0.25) is 11.9 Å². The van der Waals surface area contributed by atoms with E-state index < -0.39 is 5.97 Å². The van der Waals surface area contributed by atoms with E-state index in [0.29, 0.717) is 36.0 Å². The van der Waals surface area contributed by atoms with Crippen LogP contribution in [0.3, 0.4) is 0 Å². The summed E-state index contributed by atoms with van der Waals surface area (Å²) in [6.45, 7) is 13.4. The second-order valence-corrected chi connectivity index (χ2v) is 13.4. The van der Waals surface area contributed by atoms with Crippen molar-refractivity contribution in [1.82, 2.24) is 29.6 Å². The normalized spacial score (nSPS) is 13.3. The van der Waals surface area contributed by atoms with E-state index in [4.69, 9.17) is 19.4 Å². The maximum atomic E-state index is 13.4. The molecule has 4 heterocycles. The number of carbonyl (C=O) groups is 2. The van der Waals surface area contributed by atoms with Gasteiger partial charge in [-0.2, -0.15) is 10.1 Å². The number of ether oxygens (including phenoxy) is 2. The van der Waals surface area contributed by atoms with E-state index in [2.05, 4.69) is 46.0 Å². The summed E-state index contributed by atoms with van der Waals surface area (Å²) >= 11 is 0.